The molecule has 1 saturated heterocycles. The number of hydrogen-bond acceptors (Lipinski definition) is 4. The van der Waals surface area contributed by atoms with E-state index in [-0.39, 0.29) is 5.91 Å². The van der Waals surface area contributed by atoms with Gasteiger partial charge in [0.05, 0.1) is 12.1 Å². The largest absolute Gasteiger partial charge is 0.307 e. The Hall–Kier alpha value is -1.92. The summed E-state index contributed by atoms with van der Waals surface area (Å²) in [7, 11) is 2.09. The molecular weight excluding hydrogens is 254 g/mol. The zero-order valence-electron chi connectivity index (χ0n) is 11.6. The van der Waals surface area contributed by atoms with Crippen LogP contribution in [0.5, 0.6) is 0 Å². The van der Waals surface area contributed by atoms with E-state index in [4.69, 9.17) is 0 Å². The van der Waals surface area contributed by atoms with Gasteiger partial charge in [0.2, 0.25) is 5.91 Å². The number of aromatic nitrogens is 2. The van der Waals surface area contributed by atoms with Crippen molar-refractivity contribution in [2.24, 2.45) is 0 Å². The lowest BCUT2D eigenvalue weighted by Crippen LogP contribution is -2.52. The van der Waals surface area contributed by atoms with Gasteiger partial charge >= 0.3 is 0 Å². The normalized spacial score (nSPS) is 17.4. The molecule has 2 aromatic rings. The summed E-state index contributed by atoms with van der Waals surface area (Å²) in [5.74, 6) is -0.00189. The molecule has 1 aliphatic rings. The van der Waals surface area contributed by atoms with Crippen molar-refractivity contribution >= 4 is 11.6 Å². The minimum atomic E-state index is -0.00189. The van der Waals surface area contributed by atoms with E-state index in [2.05, 4.69) is 22.4 Å². The lowest BCUT2D eigenvalue weighted by atomic mass is 10.3. The number of piperazine rings is 1. The lowest BCUT2D eigenvalue weighted by Gasteiger charge is -2.32. The van der Waals surface area contributed by atoms with Crippen LogP contribution < -0.4 is 5.43 Å². The van der Waals surface area contributed by atoms with Gasteiger partial charge in [-0.1, -0.05) is 6.07 Å². The predicted octanol–water partition coefficient (Wildman–Crippen LogP) is 0.155. The van der Waals surface area contributed by atoms with Crippen LogP contribution >= 0.6 is 0 Å². The third-order valence-corrected chi connectivity index (χ3v) is 3.54. The topological polar surface area (TPSA) is 52.9 Å². The van der Waals surface area contributed by atoms with Gasteiger partial charge in [0.15, 0.2) is 0 Å². The molecule has 1 N–H and O–H groups in total. The molecule has 2 aromatic heterocycles. The number of nitrogens with one attached hydrogen (secondary N) is 1. The van der Waals surface area contributed by atoms with Gasteiger partial charge in [-0.3, -0.25) is 10.2 Å². The highest BCUT2D eigenvalue weighted by atomic mass is 16.2. The summed E-state index contributed by atoms with van der Waals surface area (Å²) in [6.07, 6.45) is 4.15. The Morgan fingerprint density at radius 2 is 2.10 bits per heavy atom. The highest BCUT2D eigenvalue weighted by molar-refractivity contribution is 5.77. The van der Waals surface area contributed by atoms with Crippen LogP contribution in [0.25, 0.3) is 5.65 Å². The van der Waals surface area contributed by atoms with E-state index >= 15 is 0 Å². The Labute approximate surface area is 118 Å². The average molecular weight is 273 g/mol. The van der Waals surface area contributed by atoms with Crippen molar-refractivity contribution in [1.82, 2.24) is 24.7 Å². The van der Waals surface area contributed by atoms with Crippen molar-refractivity contribution in [2.75, 3.05) is 33.2 Å². The van der Waals surface area contributed by atoms with Crippen molar-refractivity contribution < 1.29 is 4.79 Å². The van der Waals surface area contributed by atoms with Crippen LogP contribution in [0.3, 0.4) is 0 Å². The highest BCUT2D eigenvalue weighted by Crippen LogP contribution is 2.05. The molecule has 1 amide bonds. The molecule has 1 aliphatic heterocycles. The predicted molar refractivity (Wildman–Crippen MR) is 76.1 cm³/mol. The number of likely N-dealkylation sites (N-methyl/N-ethyl adjacent to an activating group) is 1. The molecule has 3 heterocycles. The molecule has 0 bridgehead atoms. The van der Waals surface area contributed by atoms with Crippen molar-refractivity contribution in [2.45, 2.75) is 6.42 Å². The first-order chi connectivity index (χ1) is 9.70. The van der Waals surface area contributed by atoms with E-state index in [0.717, 1.165) is 37.5 Å². The maximum atomic E-state index is 12.0. The van der Waals surface area contributed by atoms with Gasteiger partial charge in [-0.05, 0) is 19.2 Å². The maximum Gasteiger partial charge on any atom is 0.240 e. The second kappa shape index (κ2) is 5.60. The Morgan fingerprint density at radius 1 is 1.30 bits per heavy atom. The average Bonchev–Trinajstić information content (AvgIpc) is 2.83. The third kappa shape index (κ3) is 2.97. The number of carbonyl (C=O) groups excluding carboxylic acids is 1. The van der Waals surface area contributed by atoms with Crippen LogP contribution in [-0.2, 0) is 11.2 Å². The minimum absolute atomic E-state index is 0.00189. The van der Waals surface area contributed by atoms with Gasteiger partial charge in [0.1, 0.15) is 5.65 Å². The van der Waals surface area contributed by atoms with E-state index in [9.17, 15) is 4.79 Å². The fraction of sp³-hybridized carbons (Fsp3) is 0.429. The van der Waals surface area contributed by atoms with Gasteiger partial charge in [0, 0.05) is 38.6 Å². The van der Waals surface area contributed by atoms with Gasteiger partial charge in [-0.15, -0.1) is 0 Å². The molecule has 0 spiro atoms. The second-order valence-electron chi connectivity index (χ2n) is 5.20. The maximum absolute atomic E-state index is 12.0. The number of imidazole rings is 1. The highest BCUT2D eigenvalue weighted by Gasteiger charge is 2.16. The van der Waals surface area contributed by atoms with Gasteiger partial charge < -0.3 is 9.30 Å². The molecule has 0 saturated carbocycles. The smallest absolute Gasteiger partial charge is 0.240 e. The zero-order valence-corrected chi connectivity index (χ0v) is 11.6. The first-order valence-corrected chi connectivity index (χ1v) is 6.86. The van der Waals surface area contributed by atoms with Crippen LogP contribution in [0.15, 0.2) is 30.6 Å². The quantitative estimate of drug-likeness (QED) is 0.865. The van der Waals surface area contributed by atoms with Crippen molar-refractivity contribution in [3.63, 3.8) is 0 Å². The van der Waals surface area contributed by atoms with E-state index < -0.39 is 0 Å². The number of nitrogens with zero attached hydrogens (tertiary/aromatic N) is 4. The minimum Gasteiger partial charge on any atom is -0.307 e. The van der Waals surface area contributed by atoms with Crippen molar-refractivity contribution in [3.05, 3.63) is 36.3 Å². The molecule has 0 atom stereocenters. The summed E-state index contributed by atoms with van der Waals surface area (Å²) < 4.78 is 1.93. The third-order valence-electron chi connectivity index (χ3n) is 3.54. The number of hydrogen-bond donors (Lipinski definition) is 1. The first kappa shape index (κ1) is 13.1. The molecule has 6 heteroatoms. The number of pyridine rings is 1. The van der Waals surface area contributed by atoms with Gasteiger partial charge in [-0.25, -0.2) is 9.99 Å². The number of fused-ring (bicyclic) bond motifs is 1. The molecule has 0 aliphatic carbocycles. The standard InChI is InChI=1S/C14H19N5O/c1-17-6-8-19(9-7-17)16-14(20)10-12-11-18-5-3-2-4-13(18)15-12/h2-5,11H,6-10H2,1H3,(H,16,20). The molecule has 1 fully saturated rings. The monoisotopic (exact) mass is 273 g/mol. The lowest BCUT2D eigenvalue weighted by molar-refractivity contribution is -0.126. The molecule has 0 radical (unpaired) electrons. The molecule has 0 unspecified atom stereocenters. The van der Waals surface area contributed by atoms with E-state index in [1.807, 2.05) is 40.0 Å². The SMILES string of the molecule is CN1CCN(NC(=O)Cc2cn3ccccc3n2)CC1. The fourth-order valence-electron chi connectivity index (χ4n) is 2.37. The second-order valence-corrected chi connectivity index (χ2v) is 5.20. The summed E-state index contributed by atoms with van der Waals surface area (Å²) in [5.41, 5.74) is 4.62. The fourth-order valence-corrected chi connectivity index (χ4v) is 2.37. The Kier molecular flexibility index (Phi) is 3.66. The zero-order chi connectivity index (χ0) is 13.9. The Morgan fingerprint density at radius 3 is 2.85 bits per heavy atom. The van der Waals surface area contributed by atoms with Crippen LogP contribution in [0.1, 0.15) is 5.69 Å². The first-order valence-electron chi connectivity index (χ1n) is 6.86. The number of carbonyl (C=O) groups is 1. The van der Waals surface area contributed by atoms with Crippen LogP contribution in [0, 0.1) is 0 Å². The summed E-state index contributed by atoms with van der Waals surface area (Å²) in [4.78, 5) is 18.7. The van der Waals surface area contributed by atoms with Crippen molar-refractivity contribution in [1.29, 1.82) is 0 Å². The number of hydrazine groups is 1. The molecule has 0 aromatic carbocycles. The Bertz CT molecular complexity index is 567. The summed E-state index contributed by atoms with van der Waals surface area (Å²) >= 11 is 0. The molecular formula is C14H19N5O. The molecule has 3 rings (SSSR count). The number of rotatable bonds is 3. The molecule has 6 nitrogen and oxygen atoms in total. The van der Waals surface area contributed by atoms with E-state index in [0.29, 0.717) is 6.42 Å². The van der Waals surface area contributed by atoms with E-state index in [1.54, 1.807) is 0 Å². The summed E-state index contributed by atoms with van der Waals surface area (Å²) in [6.45, 7) is 3.70. The van der Waals surface area contributed by atoms with Crippen LogP contribution in [-0.4, -0.2) is 58.4 Å². The molecule has 20 heavy (non-hydrogen) atoms. The van der Waals surface area contributed by atoms with Gasteiger partial charge in [0.25, 0.3) is 0 Å². The van der Waals surface area contributed by atoms with Crippen molar-refractivity contribution in [3.8, 4) is 0 Å². The molecule has 106 valence electrons. The van der Waals surface area contributed by atoms with Crippen LogP contribution in [0.4, 0.5) is 0 Å². The Balaban J connectivity index is 1.58. The van der Waals surface area contributed by atoms with Crippen LogP contribution in [0.2, 0.25) is 0 Å². The summed E-state index contributed by atoms with van der Waals surface area (Å²) in [5, 5.41) is 1.98. The summed E-state index contributed by atoms with van der Waals surface area (Å²) in [6, 6.07) is 5.82. The number of amides is 1. The van der Waals surface area contributed by atoms with Gasteiger partial charge in [-0.2, -0.15) is 0 Å². The van der Waals surface area contributed by atoms with E-state index in [1.165, 1.54) is 0 Å².